The smallest absolute Gasteiger partial charge is 0.252 e. The van der Waals surface area contributed by atoms with Gasteiger partial charge >= 0.3 is 0 Å². The Balaban J connectivity index is 1.56. The highest BCUT2D eigenvalue weighted by Crippen LogP contribution is 2.25. The van der Waals surface area contributed by atoms with Gasteiger partial charge in [0.1, 0.15) is 11.6 Å². The highest BCUT2D eigenvalue weighted by molar-refractivity contribution is 5.94. The molecule has 1 saturated heterocycles. The van der Waals surface area contributed by atoms with Gasteiger partial charge in [-0.3, -0.25) is 4.79 Å². The highest BCUT2D eigenvalue weighted by atomic mass is 16.5. The van der Waals surface area contributed by atoms with Crippen LogP contribution in [0.25, 0.3) is 0 Å². The maximum absolute atomic E-state index is 12.4. The van der Waals surface area contributed by atoms with Crippen molar-refractivity contribution in [1.82, 2.24) is 10.3 Å². The first-order chi connectivity index (χ1) is 13.2. The van der Waals surface area contributed by atoms with E-state index in [1.165, 1.54) is 19.3 Å². The Morgan fingerprint density at radius 2 is 2.11 bits per heavy atom. The van der Waals surface area contributed by atoms with E-state index in [4.69, 9.17) is 4.74 Å². The van der Waals surface area contributed by atoms with E-state index >= 15 is 0 Å². The van der Waals surface area contributed by atoms with Crippen molar-refractivity contribution in [2.45, 2.75) is 45.1 Å². The zero-order valence-electron chi connectivity index (χ0n) is 16.3. The topological polar surface area (TPSA) is 54.5 Å². The summed E-state index contributed by atoms with van der Waals surface area (Å²) in [4.78, 5) is 19.3. The van der Waals surface area contributed by atoms with Crippen molar-refractivity contribution in [3.8, 4) is 5.75 Å². The summed E-state index contributed by atoms with van der Waals surface area (Å²) < 4.78 is 5.35. The Kier molecular flexibility index (Phi) is 6.69. The molecular weight excluding hydrogens is 338 g/mol. The lowest BCUT2D eigenvalue weighted by Gasteiger charge is -2.36. The Hall–Kier alpha value is -2.56. The number of hydrogen-bond donors (Lipinski definition) is 1. The summed E-state index contributed by atoms with van der Waals surface area (Å²) in [5.74, 6) is 1.74. The van der Waals surface area contributed by atoms with Crippen molar-refractivity contribution in [2.75, 3.05) is 25.1 Å². The number of methoxy groups -OCH3 is 1. The number of carbonyl (C=O) groups excluding carboxylic acids is 1. The molecule has 1 N–H and O–H groups in total. The molecule has 5 nitrogen and oxygen atoms in total. The lowest BCUT2D eigenvalue weighted by Crippen LogP contribution is -2.39. The van der Waals surface area contributed by atoms with Crippen LogP contribution in [-0.2, 0) is 6.42 Å². The number of pyridine rings is 1. The predicted molar refractivity (Wildman–Crippen MR) is 109 cm³/mol. The maximum atomic E-state index is 12.4. The van der Waals surface area contributed by atoms with Crippen LogP contribution in [0.2, 0.25) is 0 Å². The summed E-state index contributed by atoms with van der Waals surface area (Å²) in [5.41, 5.74) is 1.69. The second kappa shape index (κ2) is 9.40. The van der Waals surface area contributed by atoms with Gasteiger partial charge in [0.15, 0.2) is 0 Å². The van der Waals surface area contributed by atoms with Gasteiger partial charge in [0.2, 0.25) is 0 Å². The molecule has 1 aromatic carbocycles. The van der Waals surface area contributed by atoms with Crippen LogP contribution < -0.4 is 15.0 Å². The fourth-order valence-electron chi connectivity index (χ4n) is 3.74. The number of rotatable bonds is 7. The molecule has 0 radical (unpaired) electrons. The third-order valence-electron chi connectivity index (χ3n) is 5.28. The van der Waals surface area contributed by atoms with Crippen LogP contribution in [0.5, 0.6) is 5.75 Å². The molecule has 1 aromatic heterocycles. The predicted octanol–water partition coefficient (Wildman–Crippen LogP) is 3.83. The van der Waals surface area contributed by atoms with E-state index in [-0.39, 0.29) is 5.91 Å². The lowest BCUT2D eigenvalue weighted by molar-refractivity contribution is 0.0953. The summed E-state index contributed by atoms with van der Waals surface area (Å²) in [6, 6.07) is 12.3. The molecule has 5 heteroatoms. The van der Waals surface area contributed by atoms with Gasteiger partial charge in [0.05, 0.1) is 12.7 Å². The van der Waals surface area contributed by atoms with Crippen LogP contribution in [-0.4, -0.2) is 37.1 Å². The molecule has 0 bridgehead atoms. The zero-order chi connectivity index (χ0) is 19.1. The summed E-state index contributed by atoms with van der Waals surface area (Å²) >= 11 is 0. The van der Waals surface area contributed by atoms with Gasteiger partial charge < -0.3 is 15.0 Å². The molecule has 0 aliphatic carbocycles. The number of benzene rings is 1. The van der Waals surface area contributed by atoms with Gasteiger partial charge in [0.25, 0.3) is 5.91 Å². The lowest BCUT2D eigenvalue weighted by atomic mass is 10.00. The number of anilines is 1. The monoisotopic (exact) mass is 367 g/mol. The fraction of sp³-hybridized carbons (Fsp3) is 0.455. The molecule has 1 aliphatic rings. The number of amides is 1. The van der Waals surface area contributed by atoms with Crippen LogP contribution in [0, 0.1) is 0 Å². The number of aromatic nitrogens is 1. The average molecular weight is 367 g/mol. The summed E-state index contributed by atoms with van der Waals surface area (Å²) in [5, 5.41) is 2.97. The molecule has 3 rings (SSSR count). The molecule has 0 saturated carbocycles. The zero-order valence-corrected chi connectivity index (χ0v) is 16.3. The normalized spacial score (nSPS) is 16.8. The van der Waals surface area contributed by atoms with Gasteiger partial charge in [-0.15, -0.1) is 0 Å². The van der Waals surface area contributed by atoms with Gasteiger partial charge in [-0.2, -0.15) is 0 Å². The minimum Gasteiger partial charge on any atom is -0.496 e. The number of nitrogens with one attached hydrogen (secondary N) is 1. The van der Waals surface area contributed by atoms with Crippen LogP contribution in [0.4, 0.5) is 5.82 Å². The average Bonchev–Trinajstić information content (AvgIpc) is 2.74. The first-order valence-corrected chi connectivity index (χ1v) is 9.85. The molecule has 144 valence electrons. The number of hydrogen-bond acceptors (Lipinski definition) is 4. The Morgan fingerprint density at radius 1 is 1.26 bits per heavy atom. The summed E-state index contributed by atoms with van der Waals surface area (Å²) in [7, 11) is 1.66. The van der Waals surface area contributed by atoms with E-state index in [0.29, 0.717) is 18.2 Å². The number of piperidine rings is 1. The van der Waals surface area contributed by atoms with Crippen molar-refractivity contribution < 1.29 is 9.53 Å². The minimum atomic E-state index is -0.0883. The molecule has 2 heterocycles. The van der Waals surface area contributed by atoms with E-state index in [0.717, 1.165) is 36.5 Å². The van der Waals surface area contributed by atoms with Crippen molar-refractivity contribution >= 4 is 11.7 Å². The van der Waals surface area contributed by atoms with E-state index in [2.05, 4.69) is 22.1 Å². The first kappa shape index (κ1) is 19.2. The van der Waals surface area contributed by atoms with Gasteiger partial charge in [-0.05, 0) is 55.9 Å². The Bertz CT molecular complexity index is 745. The maximum Gasteiger partial charge on any atom is 0.252 e. The van der Waals surface area contributed by atoms with Gasteiger partial charge in [-0.25, -0.2) is 4.98 Å². The van der Waals surface area contributed by atoms with Gasteiger partial charge in [-0.1, -0.05) is 25.1 Å². The van der Waals surface area contributed by atoms with E-state index in [9.17, 15) is 4.79 Å². The molecule has 2 aromatic rings. The largest absolute Gasteiger partial charge is 0.496 e. The SMILES string of the molecule is CCC1CCCCN1c1ccc(C(=O)NCCc2ccccc2OC)cn1. The van der Waals surface area contributed by atoms with Crippen molar-refractivity contribution in [1.29, 1.82) is 0 Å². The quantitative estimate of drug-likeness (QED) is 0.808. The van der Waals surface area contributed by atoms with Gasteiger partial charge in [0, 0.05) is 25.3 Å². The highest BCUT2D eigenvalue weighted by Gasteiger charge is 2.22. The van der Waals surface area contributed by atoms with Crippen LogP contribution >= 0.6 is 0 Å². The Morgan fingerprint density at radius 3 is 2.85 bits per heavy atom. The second-order valence-corrected chi connectivity index (χ2v) is 6.97. The van der Waals surface area contributed by atoms with E-state index in [1.54, 1.807) is 13.3 Å². The molecule has 1 aliphatic heterocycles. The van der Waals surface area contributed by atoms with Crippen LogP contribution in [0.15, 0.2) is 42.6 Å². The van der Waals surface area contributed by atoms with Crippen molar-refractivity contribution in [3.63, 3.8) is 0 Å². The van der Waals surface area contributed by atoms with Crippen LogP contribution in [0.3, 0.4) is 0 Å². The number of para-hydroxylation sites is 1. The first-order valence-electron chi connectivity index (χ1n) is 9.85. The fourth-order valence-corrected chi connectivity index (χ4v) is 3.74. The standard InChI is InChI=1S/C22H29N3O2/c1-3-19-9-6-7-15-25(19)21-12-11-18(16-24-21)22(26)23-14-13-17-8-4-5-10-20(17)27-2/h4-5,8,10-12,16,19H,3,6-7,9,13-15H2,1-2H3,(H,23,26). The molecule has 1 atom stereocenters. The van der Waals surface area contributed by atoms with Crippen molar-refractivity contribution in [3.05, 3.63) is 53.7 Å². The number of carbonyl (C=O) groups is 1. The molecule has 1 unspecified atom stereocenters. The second-order valence-electron chi connectivity index (χ2n) is 6.97. The number of ether oxygens (including phenoxy) is 1. The number of nitrogens with zero attached hydrogens (tertiary/aromatic N) is 2. The summed E-state index contributed by atoms with van der Waals surface area (Å²) in [6.07, 6.45) is 7.28. The third kappa shape index (κ3) is 4.79. The van der Waals surface area contributed by atoms with E-state index < -0.39 is 0 Å². The van der Waals surface area contributed by atoms with Crippen LogP contribution in [0.1, 0.15) is 48.5 Å². The molecule has 27 heavy (non-hydrogen) atoms. The minimum absolute atomic E-state index is 0.0883. The molecular formula is C22H29N3O2. The summed E-state index contributed by atoms with van der Waals surface area (Å²) in [6.45, 7) is 3.84. The third-order valence-corrected chi connectivity index (χ3v) is 5.28. The molecule has 1 fully saturated rings. The van der Waals surface area contributed by atoms with Crippen molar-refractivity contribution in [2.24, 2.45) is 0 Å². The molecule has 0 spiro atoms. The van der Waals surface area contributed by atoms with E-state index in [1.807, 2.05) is 36.4 Å². The molecule has 1 amide bonds. The Labute approximate surface area is 161 Å².